The van der Waals surface area contributed by atoms with Crippen LogP contribution in [0.4, 0.5) is 0 Å². The fraction of sp³-hybridized carbons (Fsp3) is 0.429. The van der Waals surface area contributed by atoms with Crippen molar-refractivity contribution in [3.05, 3.63) is 65.9 Å². The van der Waals surface area contributed by atoms with E-state index in [1.165, 1.54) is 10.2 Å². The monoisotopic (exact) mass is 485 g/mol. The minimum absolute atomic E-state index is 0.0275. The van der Waals surface area contributed by atoms with Gasteiger partial charge in [-0.05, 0) is 55.6 Å². The number of rotatable bonds is 6. The van der Waals surface area contributed by atoms with E-state index in [1.807, 2.05) is 24.3 Å². The molecule has 1 aliphatic heterocycles. The molecule has 0 radical (unpaired) electrons. The van der Waals surface area contributed by atoms with Gasteiger partial charge in [0.25, 0.3) is 5.91 Å². The average Bonchev–Trinajstić information content (AvgIpc) is 3.39. The number of benzene rings is 2. The molecule has 2 heterocycles. The summed E-state index contributed by atoms with van der Waals surface area (Å²) in [5.41, 5.74) is 7.68. The fourth-order valence-corrected chi connectivity index (χ4v) is 6.34. The number of aromatic nitrogens is 2. The molecule has 3 amide bonds. The lowest BCUT2D eigenvalue weighted by Gasteiger charge is -2.33. The zero-order chi connectivity index (χ0) is 24.8. The van der Waals surface area contributed by atoms with Gasteiger partial charge in [0.2, 0.25) is 11.8 Å². The number of para-hydroxylation sites is 1. The molecule has 0 bridgehead atoms. The summed E-state index contributed by atoms with van der Waals surface area (Å²) in [7, 11) is 0. The van der Waals surface area contributed by atoms with Gasteiger partial charge in [-0.3, -0.25) is 19.1 Å². The Morgan fingerprint density at radius 2 is 1.75 bits per heavy atom. The van der Waals surface area contributed by atoms with Crippen LogP contribution in [0.15, 0.2) is 54.6 Å². The second-order valence-corrected chi connectivity index (χ2v) is 10.5. The van der Waals surface area contributed by atoms with Crippen molar-refractivity contribution in [2.24, 2.45) is 11.7 Å². The first-order chi connectivity index (χ1) is 17.5. The highest BCUT2D eigenvalue weighted by molar-refractivity contribution is 6.04. The number of piperidine rings is 1. The number of likely N-dealkylation sites (tertiary alicyclic amines) is 1. The van der Waals surface area contributed by atoms with Crippen LogP contribution in [0.25, 0.3) is 10.9 Å². The summed E-state index contributed by atoms with van der Waals surface area (Å²) in [4.78, 5) is 40.5. The highest BCUT2D eigenvalue weighted by atomic mass is 16.2. The number of nitrogens with one attached hydrogen (secondary N) is 1. The lowest BCUT2D eigenvalue weighted by molar-refractivity contribution is -0.140. The maximum atomic E-state index is 13.5. The quantitative estimate of drug-likeness (QED) is 0.559. The van der Waals surface area contributed by atoms with Crippen molar-refractivity contribution in [1.29, 1.82) is 0 Å². The molecule has 2 aromatic carbocycles. The van der Waals surface area contributed by atoms with E-state index in [-0.39, 0.29) is 36.1 Å². The number of fused-ring (bicyclic) bond motifs is 2. The second kappa shape index (κ2) is 9.08. The van der Waals surface area contributed by atoms with Gasteiger partial charge in [-0.2, -0.15) is 5.10 Å². The Balaban J connectivity index is 1.16. The largest absolute Gasteiger partial charge is 0.364 e. The second-order valence-electron chi connectivity index (χ2n) is 10.5. The van der Waals surface area contributed by atoms with E-state index in [1.54, 1.807) is 11.0 Å². The molecule has 3 aliphatic rings. The Hall–Kier alpha value is -3.68. The van der Waals surface area contributed by atoms with Gasteiger partial charge < -0.3 is 16.0 Å². The molecule has 8 nitrogen and oxygen atoms in total. The van der Waals surface area contributed by atoms with E-state index >= 15 is 0 Å². The molecule has 3 fully saturated rings. The first-order valence-electron chi connectivity index (χ1n) is 12.9. The number of nitrogens with two attached hydrogens (primary N) is 1. The van der Waals surface area contributed by atoms with E-state index in [0.717, 1.165) is 32.1 Å². The highest BCUT2D eigenvalue weighted by Gasteiger charge is 2.56. The smallest absolute Gasteiger partial charge is 0.269 e. The summed E-state index contributed by atoms with van der Waals surface area (Å²) in [6.45, 7) is -0.0275. The molecule has 1 saturated heterocycles. The summed E-state index contributed by atoms with van der Waals surface area (Å²) in [6, 6.07) is 17.6. The minimum Gasteiger partial charge on any atom is -0.364 e. The summed E-state index contributed by atoms with van der Waals surface area (Å²) in [5, 5.41) is 8.24. The van der Waals surface area contributed by atoms with Crippen LogP contribution < -0.4 is 11.1 Å². The van der Waals surface area contributed by atoms with Crippen molar-refractivity contribution < 1.29 is 14.4 Å². The number of nitrogens with zero attached hydrogens (tertiary/aromatic N) is 3. The topological polar surface area (TPSA) is 110 Å². The van der Waals surface area contributed by atoms with Crippen molar-refractivity contribution >= 4 is 28.6 Å². The van der Waals surface area contributed by atoms with Crippen LogP contribution in [0.1, 0.15) is 60.5 Å². The van der Waals surface area contributed by atoms with Crippen LogP contribution in [-0.2, 0) is 16.1 Å². The number of amides is 3. The predicted octanol–water partition coefficient (Wildman–Crippen LogP) is 2.97. The van der Waals surface area contributed by atoms with Crippen LogP contribution in [0.5, 0.6) is 0 Å². The molecule has 2 aliphatic carbocycles. The number of hydrogen-bond donors (Lipinski definition) is 2. The first-order valence-corrected chi connectivity index (χ1v) is 12.9. The number of carbonyl (C=O) groups excluding carboxylic acids is 3. The summed E-state index contributed by atoms with van der Waals surface area (Å²) in [6.07, 6.45) is 5.78. The Bertz CT molecular complexity index is 1320. The average molecular weight is 486 g/mol. The Morgan fingerprint density at radius 1 is 0.972 bits per heavy atom. The van der Waals surface area contributed by atoms with Gasteiger partial charge in [-0.25, -0.2) is 0 Å². The SMILES string of the molecule is NC(=O)c1nn(CC(=O)N2[C@@H]3C[C@@H]3C[C@H]2C(=O)NC2CCC[C@H](c3ccccc3)C2)c2ccccc12. The van der Waals surface area contributed by atoms with Crippen LogP contribution in [0.3, 0.4) is 0 Å². The minimum atomic E-state index is -0.626. The number of carbonyl (C=O) groups is 3. The van der Waals surface area contributed by atoms with Crippen molar-refractivity contribution in [3.63, 3.8) is 0 Å². The van der Waals surface area contributed by atoms with Gasteiger partial charge in [0.05, 0.1) is 5.52 Å². The maximum Gasteiger partial charge on any atom is 0.269 e. The fourth-order valence-electron chi connectivity index (χ4n) is 6.34. The zero-order valence-corrected chi connectivity index (χ0v) is 20.2. The Morgan fingerprint density at radius 3 is 2.56 bits per heavy atom. The van der Waals surface area contributed by atoms with Gasteiger partial charge in [-0.15, -0.1) is 0 Å². The highest BCUT2D eigenvalue weighted by Crippen LogP contribution is 2.48. The van der Waals surface area contributed by atoms with Crippen molar-refractivity contribution in [3.8, 4) is 0 Å². The molecule has 186 valence electrons. The standard InChI is InChI=1S/C28H31N5O3/c29-27(35)26-21-11-4-5-12-22(21)32(31-26)16-25(34)33-23-14-19(23)15-24(33)28(36)30-20-10-6-9-18(13-20)17-7-2-1-3-8-17/h1-5,7-8,11-12,18-20,23-24H,6,9-10,13-16H2,(H2,29,35)(H,30,36)/t18-,19+,20?,23+,24-/m0/s1. The molecule has 1 unspecified atom stereocenters. The third kappa shape index (κ3) is 4.14. The molecule has 36 heavy (non-hydrogen) atoms. The van der Waals surface area contributed by atoms with Gasteiger partial charge >= 0.3 is 0 Å². The molecule has 5 atom stereocenters. The molecule has 6 rings (SSSR count). The Kier molecular flexibility index (Phi) is 5.74. The molecular weight excluding hydrogens is 454 g/mol. The van der Waals surface area contributed by atoms with Crippen molar-refractivity contribution in [1.82, 2.24) is 20.0 Å². The van der Waals surface area contributed by atoms with Gasteiger partial charge in [-0.1, -0.05) is 55.0 Å². The third-order valence-corrected chi connectivity index (χ3v) is 8.16. The van der Waals surface area contributed by atoms with Gasteiger partial charge in [0.15, 0.2) is 5.69 Å². The van der Waals surface area contributed by atoms with Crippen LogP contribution in [0, 0.1) is 5.92 Å². The number of primary amides is 1. The summed E-state index contributed by atoms with van der Waals surface area (Å²) >= 11 is 0. The van der Waals surface area contributed by atoms with Gasteiger partial charge in [0, 0.05) is 17.5 Å². The van der Waals surface area contributed by atoms with Crippen molar-refractivity contribution in [2.75, 3.05) is 0 Å². The van der Waals surface area contributed by atoms with Crippen LogP contribution in [0.2, 0.25) is 0 Å². The molecular formula is C28H31N5O3. The molecule has 3 aromatic rings. The molecule has 1 aromatic heterocycles. The van der Waals surface area contributed by atoms with Crippen molar-refractivity contribution in [2.45, 2.75) is 69.1 Å². The van der Waals surface area contributed by atoms with E-state index in [2.05, 4.69) is 34.7 Å². The number of hydrogen-bond acceptors (Lipinski definition) is 4. The molecule has 8 heteroatoms. The first kappa shape index (κ1) is 22.8. The Labute approximate surface area is 209 Å². The van der Waals surface area contributed by atoms with E-state index < -0.39 is 11.9 Å². The lowest BCUT2D eigenvalue weighted by Crippen LogP contribution is -2.51. The van der Waals surface area contributed by atoms with Crippen LogP contribution in [-0.4, -0.2) is 50.5 Å². The van der Waals surface area contributed by atoms with E-state index in [4.69, 9.17) is 5.73 Å². The normalized spacial score (nSPS) is 27.0. The summed E-state index contributed by atoms with van der Waals surface area (Å²) < 4.78 is 1.54. The lowest BCUT2D eigenvalue weighted by atomic mass is 9.81. The predicted molar refractivity (Wildman–Crippen MR) is 135 cm³/mol. The summed E-state index contributed by atoms with van der Waals surface area (Å²) in [5.74, 6) is 0.0307. The van der Waals surface area contributed by atoms with E-state index in [0.29, 0.717) is 29.2 Å². The molecule has 3 N–H and O–H groups in total. The van der Waals surface area contributed by atoms with Gasteiger partial charge in [0.1, 0.15) is 12.6 Å². The molecule has 0 spiro atoms. The van der Waals surface area contributed by atoms with E-state index in [9.17, 15) is 14.4 Å². The molecule has 2 saturated carbocycles. The third-order valence-electron chi connectivity index (χ3n) is 8.16. The maximum absolute atomic E-state index is 13.5. The van der Waals surface area contributed by atoms with Crippen LogP contribution >= 0.6 is 0 Å². The zero-order valence-electron chi connectivity index (χ0n) is 20.2.